The van der Waals surface area contributed by atoms with Crippen LogP contribution in [0.3, 0.4) is 0 Å². The Kier molecular flexibility index (Phi) is 6.24. The third-order valence-electron chi connectivity index (χ3n) is 1.62. The van der Waals surface area contributed by atoms with Crippen LogP contribution in [0.1, 0.15) is 20.3 Å². The first-order valence-electron chi connectivity index (χ1n) is 4.67. The third kappa shape index (κ3) is 3.66. The van der Waals surface area contributed by atoms with Crippen LogP contribution in [0.15, 0.2) is 12.7 Å². The number of halogens is 1. The molecule has 0 fully saturated rings. The molecule has 0 spiro atoms. The Hall–Kier alpha value is -0.840. The average molecular weight is 279 g/mol. The van der Waals surface area contributed by atoms with E-state index in [4.69, 9.17) is 9.47 Å². The van der Waals surface area contributed by atoms with Gasteiger partial charge in [-0.3, -0.25) is 0 Å². The van der Waals surface area contributed by atoms with Crippen molar-refractivity contribution in [1.29, 1.82) is 0 Å². The summed E-state index contributed by atoms with van der Waals surface area (Å²) in [6, 6.07) is 0. The van der Waals surface area contributed by atoms with Gasteiger partial charge < -0.3 is 9.47 Å². The third-order valence-corrected chi connectivity index (χ3v) is 2.59. The van der Waals surface area contributed by atoms with E-state index in [1.165, 1.54) is 6.08 Å². The Bertz CT molecular complexity index is 232. The van der Waals surface area contributed by atoms with Crippen molar-refractivity contribution in [2.24, 2.45) is 0 Å². The van der Waals surface area contributed by atoms with Crippen molar-refractivity contribution in [3.8, 4) is 0 Å². The van der Waals surface area contributed by atoms with Gasteiger partial charge in [0, 0.05) is 6.42 Å². The maximum atomic E-state index is 11.6. The minimum atomic E-state index is -1.46. The zero-order chi connectivity index (χ0) is 11.9. The van der Waals surface area contributed by atoms with Crippen molar-refractivity contribution < 1.29 is 19.1 Å². The second-order valence-electron chi connectivity index (χ2n) is 2.73. The Morgan fingerprint density at radius 1 is 1.27 bits per heavy atom. The number of hydrogen-bond donors (Lipinski definition) is 0. The molecule has 86 valence electrons. The van der Waals surface area contributed by atoms with Gasteiger partial charge in [-0.1, -0.05) is 22.0 Å². The summed E-state index contributed by atoms with van der Waals surface area (Å²) in [5.74, 6) is -1.30. The van der Waals surface area contributed by atoms with Gasteiger partial charge >= 0.3 is 11.9 Å². The second kappa shape index (κ2) is 6.61. The molecule has 0 heterocycles. The highest BCUT2D eigenvalue weighted by atomic mass is 79.9. The Labute approximate surface area is 97.8 Å². The van der Waals surface area contributed by atoms with Crippen LogP contribution in [0.25, 0.3) is 0 Å². The molecule has 0 N–H and O–H groups in total. The highest BCUT2D eigenvalue weighted by Gasteiger charge is 2.45. The van der Waals surface area contributed by atoms with Crippen LogP contribution in [-0.2, 0) is 19.1 Å². The van der Waals surface area contributed by atoms with Gasteiger partial charge in [0.15, 0.2) is 0 Å². The lowest BCUT2D eigenvalue weighted by Crippen LogP contribution is -2.43. The summed E-state index contributed by atoms with van der Waals surface area (Å²) in [4.78, 5) is 23.1. The summed E-state index contributed by atoms with van der Waals surface area (Å²) < 4.78 is 8.13. The van der Waals surface area contributed by atoms with E-state index >= 15 is 0 Å². The molecule has 0 radical (unpaired) electrons. The van der Waals surface area contributed by atoms with Crippen LogP contribution in [0.4, 0.5) is 0 Å². The molecule has 0 aliphatic rings. The van der Waals surface area contributed by atoms with Crippen LogP contribution in [0.5, 0.6) is 0 Å². The summed E-state index contributed by atoms with van der Waals surface area (Å²) in [5.41, 5.74) is 0. The molecule has 0 aromatic carbocycles. The summed E-state index contributed by atoms with van der Waals surface area (Å²) in [6.45, 7) is 7.25. The average Bonchev–Trinajstić information content (AvgIpc) is 2.18. The molecule has 5 heteroatoms. The Morgan fingerprint density at radius 2 is 1.67 bits per heavy atom. The summed E-state index contributed by atoms with van der Waals surface area (Å²) in [6.07, 6.45) is 1.59. The van der Waals surface area contributed by atoms with Crippen LogP contribution < -0.4 is 0 Å². The van der Waals surface area contributed by atoms with E-state index in [9.17, 15) is 9.59 Å². The molecule has 0 bridgehead atoms. The molecule has 0 aromatic rings. The lowest BCUT2D eigenvalue weighted by atomic mass is 10.1. The van der Waals surface area contributed by atoms with Gasteiger partial charge in [0.1, 0.15) is 0 Å². The fourth-order valence-corrected chi connectivity index (χ4v) is 1.40. The number of alkyl halides is 1. The molecule has 0 aromatic heterocycles. The zero-order valence-electron chi connectivity index (χ0n) is 8.92. The summed E-state index contributed by atoms with van der Waals surface area (Å²) in [7, 11) is 0. The molecule has 0 aliphatic carbocycles. The topological polar surface area (TPSA) is 52.6 Å². The predicted octanol–water partition coefficient (Wildman–Crippen LogP) is 1.82. The van der Waals surface area contributed by atoms with Crippen molar-refractivity contribution in [2.75, 3.05) is 13.2 Å². The van der Waals surface area contributed by atoms with Crippen molar-refractivity contribution >= 4 is 27.9 Å². The number of carbonyl (C=O) groups is 2. The van der Waals surface area contributed by atoms with Crippen LogP contribution in [0, 0.1) is 0 Å². The minimum Gasteiger partial charge on any atom is -0.464 e. The SMILES string of the molecule is C=CCC(Br)(C(=O)OCC)C(=O)OCC. The first-order chi connectivity index (χ1) is 7.02. The molecular formula is C10H15BrO4. The van der Waals surface area contributed by atoms with Crippen molar-refractivity contribution in [3.05, 3.63) is 12.7 Å². The number of rotatable bonds is 6. The molecule has 0 aliphatic heterocycles. The summed E-state index contributed by atoms with van der Waals surface area (Å²) >= 11 is 3.06. The highest BCUT2D eigenvalue weighted by Crippen LogP contribution is 2.26. The number of carbonyl (C=O) groups excluding carboxylic acids is 2. The molecule has 4 nitrogen and oxygen atoms in total. The van der Waals surface area contributed by atoms with E-state index in [1.54, 1.807) is 13.8 Å². The van der Waals surface area contributed by atoms with Gasteiger partial charge in [-0.15, -0.1) is 6.58 Å². The Morgan fingerprint density at radius 3 is 1.93 bits per heavy atom. The lowest BCUT2D eigenvalue weighted by Gasteiger charge is -2.21. The zero-order valence-corrected chi connectivity index (χ0v) is 10.5. The first-order valence-corrected chi connectivity index (χ1v) is 5.46. The molecule has 0 amide bonds. The van der Waals surface area contributed by atoms with Gasteiger partial charge in [0.05, 0.1) is 13.2 Å². The van der Waals surface area contributed by atoms with Crippen LogP contribution in [-0.4, -0.2) is 29.5 Å². The number of esters is 2. The van der Waals surface area contributed by atoms with Crippen LogP contribution >= 0.6 is 15.9 Å². The fourth-order valence-electron chi connectivity index (χ4n) is 0.940. The van der Waals surface area contributed by atoms with E-state index in [-0.39, 0.29) is 19.6 Å². The van der Waals surface area contributed by atoms with Crippen LogP contribution in [0.2, 0.25) is 0 Å². The van der Waals surface area contributed by atoms with E-state index in [0.717, 1.165) is 0 Å². The quantitative estimate of drug-likeness (QED) is 0.322. The van der Waals surface area contributed by atoms with Gasteiger partial charge in [-0.2, -0.15) is 0 Å². The highest BCUT2D eigenvalue weighted by molar-refractivity contribution is 9.10. The standard InChI is InChI=1S/C10H15BrO4/c1-4-7-10(11,8(12)14-5-2)9(13)15-6-3/h4H,1,5-7H2,2-3H3. The van der Waals surface area contributed by atoms with Gasteiger partial charge in [0.2, 0.25) is 4.32 Å². The molecule has 0 rings (SSSR count). The first kappa shape index (κ1) is 14.2. The molecule has 0 unspecified atom stereocenters. The monoisotopic (exact) mass is 278 g/mol. The van der Waals surface area contributed by atoms with Crippen molar-refractivity contribution in [3.63, 3.8) is 0 Å². The van der Waals surface area contributed by atoms with E-state index in [2.05, 4.69) is 22.5 Å². The van der Waals surface area contributed by atoms with E-state index in [1.807, 2.05) is 0 Å². The smallest absolute Gasteiger partial charge is 0.334 e. The minimum absolute atomic E-state index is 0.130. The molecule has 15 heavy (non-hydrogen) atoms. The molecule has 0 saturated carbocycles. The molecule has 0 atom stereocenters. The van der Waals surface area contributed by atoms with Crippen molar-refractivity contribution in [1.82, 2.24) is 0 Å². The second-order valence-corrected chi connectivity index (χ2v) is 4.09. The number of hydrogen-bond acceptors (Lipinski definition) is 4. The van der Waals surface area contributed by atoms with E-state index < -0.39 is 16.3 Å². The fraction of sp³-hybridized carbons (Fsp3) is 0.600. The molecular weight excluding hydrogens is 264 g/mol. The Balaban J connectivity index is 4.78. The number of ether oxygens (including phenoxy) is 2. The maximum absolute atomic E-state index is 11.6. The van der Waals surface area contributed by atoms with E-state index in [0.29, 0.717) is 0 Å². The summed E-state index contributed by atoms with van der Waals surface area (Å²) in [5, 5.41) is 0. The normalized spacial score (nSPS) is 10.6. The predicted molar refractivity (Wildman–Crippen MR) is 59.7 cm³/mol. The largest absolute Gasteiger partial charge is 0.464 e. The maximum Gasteiger partial charge on any atom is 0.334 e. The van der Waals surface area contributed by atoms with Gasteiger partial charge in [0.25, 0.3) is 0 Å². The molecule has 0 saturated heterocycles. The van der Waals surface area contributed by atoms with Gasteiger partial charge in [-0.05, 0) is 13.8 Å². The number of allylic oxidation sites excluding steroid dienone is 1. The lowest BCUT2D eigenvalue weighted by molar-refractivity contribution is -0.158. The van der Waals surface area contributed by atoms with Crippen molar-refractivity contribution in [2.45, 2.75) is 24.6 Å². The van der Waals surface area contributed by atoms with Gasteiger partial charge in [-0.25, -0.2) is 9.59 Å².